The lowest BCUT2D eigenvalue weighted by Gasteiger charge is -2.35. The van der Waals surface area contributed by atoms with Gasteiger partial charge in [0, 0.05) is 19.0 Å². The summed E-state index contributed by atoms with van der Waals surface area (Å²) in [5.41, 5.74) is 1.68. The van der Waals surface area contributed by atoms with Gasteiger partial charge in [0.1, 0.15) is 5.82 Å². The lowest BCUT2D eigenvalue weighted by Crippen LogP contribution is -2.44. The smallest absolute Gasteiger partial charge is 0.261 e. The minimum Gasteiger partial charge on any atom is -0.331 e. The first-order valence-corrected chi connectivity index (χ1v) is 12.5. The third-order valence-corrected chi connectivity index (χ3v) is 6.91. The molecule has 0 aliphatic heterocycles. The molecule has 1 atom stereocenters. The van der Waals surface area contributed by atoms with Crippen LogP contribution in [0.25, 0.3) is 10.9 Å². The molecule has 4 rings (SSSR count). The number of hydrogen-bond acceptors (Lipinski definition) is 4. The van der Waals surface area contributed by atoms with Crippen LogP contribution in [0.15, 0.2) is 59.4 Å². The molecule has 0 radical (unpaired) electrons. The standard InChI is InChI=1S/C28H36N4O2/c1-4-25(31(19-18-30(2)3)27(33)22-14-8-9-15-22)26-29-24-17-11-10-16-23(24)28(34)32(26)20-21-12-6-5-7-13-21/h5-7,10-13,16-17,22,25H,4,8-9,14-15,18-20H2,1-3H3. The molecular weight excluding hydrogens is 424 g/mol. The maximum Gasteiger partial charge on any atom is 0.261 e. The molecule has 0 saturated heterocycles. The molecule has 6 heteroatoms. The number of benzene rings is 2. The van der Waals surface area contributed by atoms with Crippen LogP contribution in [0.5, 0.6) is 0 Å². The summed E-state index contributed by atoms with van der Waals surface area (Å²) in [6.07, 6.45) is 4.83. The Hall–Kier alpha value is -2.99. The summed E-state index contributed by atoms with van der Waals surface area (Å²) < 4.78 is 1.79. The van der Waals surface area contributed by atoms with Gasteiger partial charge in [-0.05, 0) is 51.1 Å². The van der Waals surface area contributed by atoms with Crippen LogP contribution in [-0.4, -0.2) is 52.4 Å². The third-order valence-electron chi connectivity index (χ3n) is 6.91. The monoisotopic (exact) mass is 460 g/mol. The van der Waals surface area contributed by atoms with Crippen LogP contribution in [0, 0.1) is 5.92 Å². The molecule has 180 valence electrons. The predicted molar refractivity (Wildman–Crippen MR) is 137 cm³/mol. The van der Waals surface area contributed by atoms with Crippen molar-refractivity contribution in [3.05, 3.63) is 76.3 Å². The first-order valence-electron chi connectivity index (χ1n) is 12.5. The van der Waals surface area contributed by atoms with Crippen LogP contribution < -0.4 is 5.56 Å². The van der Waals surface area contributed by atoms with Gasteiger partial charge >= 0.3 is 0 Å². The van der Waals surface area contributed by atoms with Gasteiger partial charge in [0.2, 0.25) is 5.91 Å². The summed E-state index contributed by atoms with van der Waals surface area (Å²) in [6.45, 7) is 3.91. The number of likely N-dealkylation sites (N-methyl/N-ethyl adjacent to an activating group) is 1. The van der Waals surface area contributed by atoms with E-state index >= 15 is 0 Å². The number of aromatic nitrogens is 2. The summed E-state index contributed by atoms with van der Waals surface area (Å²) in [7, 11) is 4.05. The van der Waals surface area contributed by atoms with Crippen LogP contribution in [0.1, 0.15) is 56.5 Å². The first kappa shape index (κ1) is 24.1. The van der Waals surface area contributed by atoms with Crippen molar-refractivity contribution >= 4 is 16.8 Å². The largest absolute Gasteiger partial charge is 0.331 e. The number of para-hydroxylation sites is 1. The van der Waals surface area contributed by atoms with Gasteiger partial charge in [0.25, 0.3) is 5.56 Å². The Labute approximate surface area is 202 Å². The molecule has 1 aliphatic carbocycles. The molecule has 1 aliphatic rings. The summed E-state index contributed by atoms with van der Waals surface area (Å²) >= 11 is 0. The average Bonchev–Trinajstić information content (AvgIpc) is 3.39. The van der Waals surface area contributed by atoms with E-state index in [0.29, 0.717) is 36.2 Å². The Kier molecular flexibility index (Phi) is 7.78. The number of carbonyl (C=O) groups excluding carboxylic acids is 1. The SMILES string of the molecule is CCC(c1nc2ccccc2c(=O)n1Cc1ccccc1)N(CCN(C)C)C(=O)C1CCCC1. The van der Waals surface area contributed by atoms with E-state index in [-0.39, 0.29) is 23.4 Å². The van der Waals surface area contributed by atoms with Crippen molar-refractivity contribution in [1.82, 2.24) is 19.4 Å². The Morgan fingerprint density at radius 1 is 1.03 bits per heavy atom. The predicted octanol–water partition coefficient (Wildman–Crippen LogP) is 4.48. The molecule has 2 aromatic carbocycles. The lowest BCUT2D eigenvalue weighted by molar-refractivity contribution is -0.138. The zero-order valence-corrected chi connectivity index (χ0v) is 20.6. The molecule has 0 N–H and O–H groups in total. The second-order valence-corrected chi connectivity index (χ2v) is 9.60. The van der Waals surface area contributed by atoms with Crippen molar-refractivity contribution in [2.24, 2.45) is 5.92 Å². The zero-order valence-electron chi connectivity index (χ0n) is 20.6. The number of rotatable bonds is 9. The normalized spacial score (nSPS) is 15.2. The second-order valence-electron chi connectivity index (χ2n) is 9.60. The molecule has 6 nitrogen and oxygen atoms in total. The molecular formula is C28H36N4O2. The molecule has 1 fully saturated rings. The van der Waals surface area contributed by atoms with Gasteiger partial charge in [-0.15, -0.1) is 0 Å². The van der Waals surface area contributed by atoms with E-state index in [9.17, 15) is 9.59 Å². The highest BCUT2D eigenvalue weighted by molar-refractivity contribution is 5.80. The van der Waals surface area contributed by atoms with Crippen molar-refractivity contribution in [3.8, 4) is 0 Å². The van der Waals surface area contributed by atoms with Crippen molar-refractivity contribution in [1.29, 1.82) is 0 Å². The van der Waals surface area contributed by atoms with Crippen molar-refractivity contribution in [3.63, 3.8) is 0 Å². The Morgan fingerprint density at radius 3 is 2.38 bits per heavy atom. The van der Waals surface area contributed by atoms with E-state index in [4.69, 9.17) is 4.98 Å². The summed E-state index contributed by atoms with van der Waals surface area (Å²) in [6, 6.07) is 17.3. The van der Waals surface area contributed by atoms with Crippen molar-refractivity contribution in [2.75, 3.05) is 27.2 Å². The maximum absolute atomic E-state index is 13.7. The fraction of sp³-hybridized carbons (Fsp3) is 0.464. The molecule has 0 spiro atoms. The number of carbonyl (C=O) groups is 1. The molecule has 1 aromatic heterocycles. The quantitative estimate of drug-likeness (QED) is 0.473. The van der Waals surface area contributed by atoms with E-state index in [1.54, 1.807) is 4.57 Å². The third kappa shape index (κ3) is 5.22. The van der Waals surface area contributed by atoms with Gasteiger partial charge in [0.15, 0.2) is 0 Å². The van der Waals surface area contributed by atoms with Gasteiger partial charge in [-0.25, -0.2) is 4.98 Å². The molecule has 3 aromatic rings. The Morgan fingerprint density at radius 2 is 1.71 bits per heavy atom. The highest BCUT2D eigenvalue weighted by atomic mass is 16.2. The minimum atomic E-state index is -0.255. The second kappa shape index (κ2) is 11.0. The fourth-order valence-corrected chi connectivity index (χ4v) is 5.04. The number of fused-ring (bicyclic) bond motifs is 1. The highest BCUT2D eigenvalue weighted by Crippen LogP contribution is 2.31. The molecule has 1 unspecified atom stereocenters. The average molecular weight is 461 g/mol. The molecule has 1 saturated carbocycles. The van der Waals surface area contributed by atoms with Crippen LogP contribution in [-0.2, 0) is 11.3 Å². The van der Waals surface area contributed by atoms with Crippen molar-refractivity contribution < 1.29 is 4.79 Å². The number of amides is 1. The van der Waals surface area contributed by atoms with Crippen molar-refractivity contribution in [2.45, 2.75) is 51.6 Å². The van der Waals surface area contributed by atoms with E-state index in [0.717, 1.165) is 37.8 Å². The highest BCUT2D eigenvalue weighted by Gasteiger charge is 2.33. The topological polar surface area (TPSA) is 58.4 Å². The molecule has 1 heterocycles. The summed E-state index contributed by atoms with van der Waals surface area (Å²) in [5.74, 6) is 0.964. The van der Waals surface area contributed by atoms with E-state index in [2.05, 4.69) is 11.8 Å². The van der Waals surface area contributed by atoms with Crippen LogP contribution in [0.4, 0.5) is 0 Å². The minimum absolute atomic E-state index is 0.0521. The first-order chi connectivity index (χ1) is 16.5. The summed E-state index contributed by atoms with van der Waals surface area (Å²) in [5, 5.41) is 0.610. The molecule has 0 bridgehead atoms. The summed E-state index contributed by atoms with van der Waals surface area (Å²) in [4.78, 5) is 36.6. The Bertz CT molecular complexity index is 1170. The zero-order chi connectivity index (χ0) is 24.1. The lowest BCUT2D eigenvalue weighted by atomic mass is 10.0. The van der Waals surface area contributed by atoms with Gasteiger partial charge in [-0.2, -0.15) is 0 Å². The number of nitrogens with zero attached hydrogens (tertiary/aromatic N) is 4. The van der Waals surface area contributed by atoms with E-state index < -0.39 is 0 Å². The molecule has 1 amide bonds. The van der Waals surface area contributed by atoms with Crippen LogP contribution in [0.3, 0.4) is 0 Å². The Balaban J connectivity index is 1.83. The van der Waals surface area contributed by atoms with Gasteiger partial charge in [-0.1, -0.05) is 62.2 Å². The van der Waals surface area contributed by atoms with E-state index in [1.165, 1.54) is 0 Å². The maximum atomic E-state index is 13.7. The molecule has 34 heavy (non-hydrogen) atoms. The fourth-order valence-electron chi connectivity index (χ4n) is 5.04. The van der Waals surface area contributed by atoms with Gasteiger partial charge in [0.05, 0.1) is 23.5 Å². The van der Waals surface area contributed by atoms with Gasteiger partial charge < -0.3 is 9.80 Å². The van der Waals surface area contributed by atoms with Crippen LogP contribution in [0.2, 0.25) is 0 Å². The van der Waals surface area contributed by atoms with Gasteiger partial charge in [-0.3, -0.25) is 14.2 Å². The number of hydrogen-bond donors (Lipinski definition) is 0. The van der Waals surface area contributed by atoms with E-state index in [1.807, 2.05) is 73.6 Å². The van der Waals surface area contributed by atoms with Crippen LogP contribution >= 0.6 is 0 Å².